The molecular weight excluding hydrogens is 292 g/mol. The quantitative estimate of drug-likeness (QED) is 0.344. The lowest BCUT2D eigenvalue weighted by Crippen LogP contribution is -2.53. The van der Waals surface area contributed by atoms with Crippen LogP contribution in [0.2, 0.25) is 0 Å². The Kier molecular flexibility index (Phi) is 4.92. The third-order valence-electron chi connectivity index (χ3n) is 3.25. The third kappa shape index (κ3) is 3.40. The Morgan fingerprint density at radius 3 is 2.62 bits per heavy atom. The second kappa shape index (κ2) is 6.68. The molecule has 1 aliphatic heterocycles. The summed E-state index contributed by atoms with van der Waals surface area (Å²) in [5.74, 6) is 3.79. The number of hydrogen-bond donors (Lipinski definition) is 2. The van der Waals surface area contributed by atoms with Gasteiger partial charge in [-0.2, -0.15) is 0 Å². The zero-order chi connectivity index (χ0) is 15.4. The van der Waals surface area contributed by atoms with Gasteiger partial charge in [-0.25, -0.2) is 5.84 Å². The molecule has 0 aromatic carbocycles. The van der Waals surface area contributed by atoms with Crippen LogP contribution in [0, 0.1) is 0 Å². The van der Waals surface area contributed by atoms with Crippen LogP contribution in [-0.2, 0) is 16.1 Å². The highest BCUT2D eigenvalue weighted by atomic mass is 32.1. The first kappa shape index (κ1) is 15.5. The van der Waals surface area contributed by atoms with Crippen LogP contribution in [0.5, 0.6) is 0 Å². The zero-order valence-electron chi connectivity index (χ0n) is 11.8. The Hall–Kier alpha value is -1.93. The number of amides is 3. The summed E-state index contributed by atoms with van der Waals surface area (Å²) < 4.78 is 0. The monoisotopic (exact) mass is 310 g/mol. The minimum absolute atomic E-state index is 0.340. The predicted molar refractivity (Wildman–Crippen MR) is 78.3 cm³/mol. The first-order valence-electron chi connectivity index (χ1n) is 6.74. The summed E-state index contributed by atoms with van der Waals surface area (Å²) in [6.07, 6.45) is 0.835. The lowest BCUT2D eigenvalue weighted by molar-refractivity contribution is -0.156. The summed E-state index contributed by atoms with van der Waals surface area (Å²) in [7, 11) is 0. The number of nitrogens with zero attached hydrogens (tertiary/aromatic N) is 2. The van der Waals surface area contributed by atoms with Crippen molar-refractivity contribution in [1.29, 1.82) is 0 Å². The number of nitrogens with two attached hydrogens (primary N) is 1. The van der Waals surface area contributed by atoms with Gasteiger partial charge in [-0.15, -0.1) is 11.3 Å². The van der Waals surface area contributed by atoms with Gasteiger partial charge in [0.1, 0.15) is 0 Å². The molecule has 1 fully saturated rings. The van der Waals surface area contributed by atoms with E-state index in [4.69, 9.17) is 5.84 Å². The van der Waals surface area contributed by atoms with Crippen molar-refractivity contribution in [3.8, 4) is 0 Å². The Morgan fingerprint density at radius 1 is 1.29 bits per heavy atom. The largest absolute Gasteiger partial charge is 0.333 e. The number of nitrogen functional groups attached to an aromatic ring is 1. The van der Waals surface area contributed by atoms with Crippen molar-refractivity contribution in [2.45, 2.75) is 19.9 Å². The van der Waals surface area contributed by atoms with Crippen molar-refractivity contribution in [1.82, 2.24) is 15.2 Å². The molecule has 0 saturated carbocycles. The number of hydrazine groups is 1. The highest BCUT2D eigenvalue weighted by Crippen LogP contribution is 2.19. The first-order valence-corrected chi connectivity index (χ1v) is 7.56. The van der Waals surface area contributed by atoms with E-state index in [9.17, 15) is 14.4 Å². The molecule has 0 spiro atoms. The lowest BCUT2D eigenvalue weighted by atomic mass is 10.2. The fourth-order valence-corrected chi connectivity index (χ4v) is 3.12. The van der Waals surface area contributed by atoms with Gasteiger partial charge in [-0.3, -0.25) is 19.8 Å². The fraction of sp³-hybridized carbons (Fsp3) is 0.462. The first-order chi connectivity index (χ1) is 10.1. The number of carbonyl (C=O) groups excluding carboxylic acids is 3. The van der Waals surface area contributed by atoms with Crippen LogP contribution in [0.25, 0.3) is 0 Å². The van der Waals surface area contributed by atoms with Crippen molar-refractivity contribution in [2.75, 3.05) is 19.6 Å². The summed E-state index contributed by atoms with van der Waals surface area (Å²) in [6, 6.07) is 3.42. The van der Waals surface area contributed by atoms with Crippen LogP contribution >= 0.6 is 11.3 Å². The smallest absolute Gasteiger partial charge is 0.312 e. The van der Waals surface area contributed by atoms with Gasteiger partial charge in [0, 0.05) is 24.5 Å². The van der Waals surface area contributed by atoms with Crippen LogP contribution in [0.15, 0.2) is 12.1 Å². The molecule has 1 aromatic rings. The molecule has 2 rings (SSSR count). The molecule has 1 saturated heterocycles. The zero-order valence-corrected chi connectivity index (χ0v) is 12.6. The van der Waals surface area contributed by atoms with E-state index in [1.54, 1.807) is 17.0 Å². The van der Waals surface area contributed by atoms with Gasteiger partial charge in [-0.05, 0) is 18.6 Å². The summed E-state index contributed by atoms with van der Waals surface area (Å²) in [5, 5.41) is 0. The number of hydrogen-bond acceptors (Lipinski definition) is 5. The molecular formula is C13H18N4O3S. The SMILES string of the molecule is CCCN1CCN(Cc2ccc(C(=O)NN)s2)C(=O)C1=O. The van der Waals surface area contributed by atoms with Crippen molar-refractivity contribution in [3.05, 3.63) is 21.9 Å². The fourth-order valence-electron chi connectivity index (χ4n) is 2.19. The molecule has 0 atom stereocenters. The van der Waals surface area contributed by atoms with E-state index in [1.165, 1.54) is 16.2 Å². The molecule has 0 bridgehead atoms. The molecule has 0 unspecified atom stereocenters. The van der Waals surface area contributed by atoms with Gasteiger partial charge < -0.3 is 9.80 Å². The average Bonchev–Trinajstić information content (AvgIpc) is 2.95. The van der Waals surface area contributed by atoms with E-state index >= 15 is 0 Å². The van der Waals surface area contributed by atoms with E-state index in [0.29, 0.717) is 31.1 Å². The second-order valence-corrected chi connectivity index (χ2v) is 5.93. The molecule has 8 heteroatoms. The molecule has 2 heterocycles. The molecule has 114 valence electrons. The highest BCUT2D eigenvalue weighted by Gasteiger charge is 2.32. The van der Waals surface area contributed by atoms with Crippen LogP contribution in [0.3, 0.4) is 0 Å². The Morgan fingerprint density at radius 2 is 1.95 bits per heavy atom. The summed E-state index contributed by atoms with van der Waals surface area (Å²) in [5.41, 5.74) is 2.06. The standard InChI is InChI=1S/C13H18N4O3S/c1-2-5-16-6-7-17(13(20)12(16)19)8-9-3-4-10(21-9)11(18)15-14/h3-4H,2,5-8,14H2,1H3,(H,15,18). The number of rotatable bonds is 5. The normalized spacial score (nSPS) is 15.5. The molecule has 0 radical (unpaired) electrons. The van der Waals surface area contributed by atoms with Gasteiger partial charge in [0.2, 0.25) is 0 Å². The summed E-state index contributed by atoms with van der Waals surface area (Å²) in [4.78, 5) is 39.8. The van der Waals surface area contributed by atoms with E-state index in [0.717, 1.165) is 11.3 Å². The topological polar surface area (TPSA) is 95.7 Å². The maximum atomic E-state index is 12.1. The van der Waals surface area contributed by atoms with Crippen LogP contribution < -0.4 is 11.3 Å². The van der Waals surface area contributed by atoms with Crippen molar-refractivity contribution in [2.24, 2.45) is 5.84 Å². The maximum Gasteiger partial charge on any atom is 0.312 e. The maximum absolute atomic E-state index is 12.1. The predicted octanol–water partition coefficient (Wildman–Crippen LogP) is -0.0676. The molecule has 1 aromatic heterocycles. The van der Waals surface area contributed by atoms with Gasteiger partial charge in [0.05, 0.1) is 11.4 Å². The number of nitrogens with one attached hydrogen (secondary N) is 1. The molecule has 3 amide bonds. The highest BCUT2D eigenvalue weighted by molar-refractivity contribution is 7.14. The summed E-state index contributed by atoms with van der Waals surface area (Å²) >= 11 is 1.26. The second-order valence-electron chi connectivity index (χ2n) is 4.76. The lowest BCUT2D eigenvalue weighted by Gasteiger charge is -2.33. The molecule has 7 nitrogen and oxygen atoms in total. The van der Waals surface area contributed by atoms with Gasteiger partial charge >= 0.3 is 11.8 Å². The Labute approximate surface area is 126 Å². The molecule has 21 heavy (non-hydrogen) atoms. The van der Waals surface area contributed by atoms with E-state index in [2.05, 4.69) is 5.43 Å². The van der Waals surface area contributed by atoms with Crippen LogP contribution in [0.4, 0.5) is 0 Å². The Balaban J connectivity index is 2.01. The average molecular weight is 310 g/mol. The number of piperazine rings is 1. The molecule has 0 aliphatic carbocycles. The Bertz CT molecular complexity index is 557. The molecule has 3 N–H and O–H groups in total. The minimum atomic E-state index is -0.479. The summed E-state index contributed by atoms with van der Waals surface area (Å²) in [6.45, 7) is 3.99. The van der Waals surface area contributed by atoms with Crippen LogP contribution in [0.1, 0.15) is 27.9 Å². The third-order valence-corrected chi connectivity index (χ3v) is 4.32. The van der Waals surface area contributed by atoms with E-state index < -0.39 is 11.8 Å². The van der Waals surface area contributed by atoms with E-state index in [-0.39, 0.29) is 5.91 Å². The minimum Gasteiger partial charge on any atom is -0.333 e. The number of carbonyl (C=O) groups is 3. The van der Waals surface area contributed by atoms with Crippen molar-refractivity contribution in [3.63, 3.8) is 0 Å². The van der Waals surface area contributed by atoms with Crippen LogP contribution in [-0.4, -0.2) is 47.2 Å². The van der Waals surface area contributed by atoms with E-state index in [1.807, 2.05) is 6.92 Å². The van der Waals surface area contributed by atoms with Crippen molar-refractivity contribution >= 4 is 29.1 Å². The van der Waals surface area contributed by atoms with Crippen molar-refractivity contribution < 1.29 is 14.4 Å². The van der Waals surface area contributed by atoms with Gasteiger partial charge in [0.15, 0.2) is 0 Å². The van der Waals surface area contributed by atoms with Gasteiger partial charge in [-0.1, -0.05) is 6.92 Å². The molecule has 1 aliphatic rings. The van der Waals surface area contributed by atoms with Gasteiger partial charge in [0.25, 0.3) is 5.91 Å². The number of thiophene rings is 1.